The van der Waals surface area contributed by atoms with E-state index in [9.17, 15) is 19.7 Å². The third-order valence-corrected chi connectivity index (χ3v) is 7.58. The van der Waals surface area contributed by atoms with Crippen molar-refractivity contribution in [3.05, 3.63) is 117 Å². The summed E-state index contributed by atoms with van der Waals surface area (Å²) in [5.41, 5.74) is 1.38. The number of non-ortho nitro benzene ring substituents is 1. The number of allylic oxidation sites excluding steroid dienone is 1. The van der Waals surface area contributed by atoms with Gasteiger partial charge in [-0.2, -0.15) is 0 Å². The third kappa shape index (κ3) is 5.06. The van der Waals surface area contributed by atoms with Gasteiger partial charge in [-0.1, -0.05) is 46.7 Å². The number of esters is 1. The van der Waals surface area contributed by atoms with Crippen LogP contribution in [0, 0.1) is 10.1 Å². The molecule has 3 heterocycles. The topological polar surface area (TPSA) is 117 Å². The zero-order chi connectivity index (χ0) is 27.8. The summed E-state index contributed by atoms with van der Waals surface area (Å²) < 4.78 is 13.0. The molecule has 0 spiro atoms. The first-order valence-corrected chi connectivity index (χ1v) is 13.2. The fourth-order valence-corrected chi connectivity index (χ4v) is 5.69. The van der Waals surface area contributed by atoms with E-state index >= 15 is 0 Å². The van der Waals surface area contributed by atoms with Crippen molar-refractivity contribution < 1.29 is 18.9 Å². The number of hydrogen-bond donors (Lipinski definition) is 0. The lowest BCUT2D eigenvalue weighted by Crippen LogP contribution is -2.39. The molecule has 198 valence electrons. The van der Waals surface area contributed by atoms with Crippen LogP contribution in [0.4, 0.5) is 5.69 Å². The molecule has 0 aliphatic carbocycles. The molecule has 0 fully saturated rings. The standard InChI is InChI=1S/C27H19Cl2N3O6S/c1-3-37-26(34)23-14(2)30-27-31(24(23)15-4-6-16(28)7-5-15)25(33)22(39-27)13-18-9-11-21(38-18)19-10-8-17(32(35)36)12-20(19)29/h4-13,24H,3H2,1-2H3/b22-13-/t24-/m0/s1. The summed E-state index contributed by atoms with van der Waals surface area (Å²) in [6.45, 7) is 3.59. The largest absolute Gasteiger partial charge is 0.463 e. The smallest absolute Gasteiger partial charge is 0.338 e. The van der Waals surface area contributed by atoms with Crippen molar-refractivity contribution in [2.45, 2.75) is 19.9 Å². The molecule has 0 saturated carbocycles. The second-order valence-corrected chi connectivity index (χ2v) is 10.3. The molecular weight excluding hydrogens is 565 g/mol. The number of thiazole rings is 1. The summed E-state index contributed by atoms with van der Waals surface area (Å²) in [6.07, 6.45) is 1.58. The Hall–Kier alpha value is -3.99. The van der Waals surface area contributed by atoms with Crippen LogP contribution in [0.3, 0.4) is 0 Å². The van der Waals surface area contributed by atoms with Gasteiger partial charge in [0.2, 0.25) is 0 Å². The number of ether oxygens (including phenoxy) is 1. The lowest BCUT2D eigenvalue weighted by molar-refractivity contribution is -0.384. The van der Waals surface area contributed by atoms with E-state index in [-0.39, 0.29) is 28.4 Å². The lowest BCUT2D eigenvalue weighted by Gasteiger charge is -2.24. The molecular formula is C27H19Cl2N3O6S. The zero-order valence-electron chi connectivity index (χ0n) is 20.5. The maximum atomic E-state index is 13.7. The number of aromatic nitrogens is 1. The number of nitro groups is 1. The van der Waals surface area contributed by atoms with Crippen molar-refractivity contribution in [2.24, 2.45) is 4.99 Å². The monoisotopic (exact) mass is 583 g/mol. The first-order chi connectivity index (χ1) is 18.7. The predicted octanol–water partition coefficient (Wildman–Crippen LogP) is 5.27. The minimum absolute atomic E-state index is 0.135. The van der Waals surface area contributed by atoms with E-state index < -0.39 is 16.9 Å². The molecule has 0 N–H and O–H groups in total. The van der Waals surface area contributed by atoms with E-state index in [1.165, 1.54) is 22.8 Å². The number of nitrogens with zero attached hydrogens (tertiary/aromatic N) is 3. The average Bonchev–Trinajstić information content (AvgIpc) is 3.48. The van der Waals surface area contributed by atoms with Gasteiger partial charge in [-0.15, -0.1) is 0 Å². The van der Waals surface area contributed by atoms with Crippen LogP contribution < -0.4 is 14.9 Å². The van der Waals surface area contributed by atoms with Crippen molar-refractivity contribution >= 4 is 52.3 Å². The fraction of sp³-hybridized carbons (Fsp3) is 0.148. The Balaban J connectivity index is 1.60. The van der Waals surface area contributed by atoms with Gasteiger partial charge in [-0.05, 0) is 49.7 Å². The first-order valence-electron chi connectivity index (χ1n) is 11.7. The highest BCUT2D eigenvalue weighted by Crippen LogP contribution is 2.33. The Kier molecular flexibility index (Phi) is 7.26. The van der Waals surface area contributed by atoms with Crippen LogP contribution in [0.1, 0.15) is 31.2 Å². The molecule has 0 bridgehead atoms. The summed E-state index contributed by atoms with van der Waals surface area (Å²) in [4.78, 5) is 42.1. The number of nitro benzene ring substituents is 1. The van der Waals surface area contributed by atoms with Crippen molar-refractivity contribution in [1.29, 1.82) is 0 Å². The molecule has 0 amide bonds. The van der Waals surface area contributed by atoms with Gasteiger partial charge in [0.25, 0.3) is 11.2 Å². The van der Waals surface area contributed by atoms with Crippen molar-refractivity contribution in [1.82, 2.24) is 4.57 Å². The molecule has 0 radical (unpaired) electrons. The van der Waals surface area contributed by atoms with Crippen LogP contribution in [0.15, 0.2) is 80.1 Å². The number of benzene rings is 2. The Labute approximate surface area is 235 Å². The van der Waals surface area contributed by atoms with Gasteiger partial charge >= 0.3 is 5.97 Å². The molecule has 0 saturated heterocycles. The van der Waals surface area contributed by atoms with E-state index in [4.69, 9.17) is 32.4 Å². The second kappa shape index (κ2) is 10.6. The summed E-state index contributed by atoms with van der Waals surface area (Å²) in [6, 6.07) is 13.6. The highest BCUT2D eigenvalue weighted by Gasteiger charge is 2.33. The average molecular weight is 584 g/mol. The van der Waals surface area contributed by atoms with Crippen LogP contribution in [-0.2, 0) is 9.53 Å². The molecule has 0 unspecified atom stereocenters. The molecule has 2 aromatic carbocycles. The number of rotatable bonds is 6. The van der Waals surface area contributed by atoms with Crippen molar-refractivity contribution in [2.75, 3.05) is 6.61 Å². The minimum Gasteiger partial charge on any atom is -0.463 e. The lowest BCUT2D eigenvalue weighted by atomic mass is 9.96. The van der Waals surface area contributed by atoms with Crippen molar-refractivity contribution in [3.8, 4) is 11.3 Å². The van der Waals surface area contributed by atoms with E-state index in [1.807, 2.05) is 0 Å². The normalized spacial score (nSPS) is 15.2. The highest BCUT2D eigenvalue weighted by atomic mass is 35.5. The van der Waals surface area contributed by atoms with Crippen LogP contribution in [-0.4, -0.2) is 22.1 Å². The fourth-order valence-electron chi connectivity index (χ4n) is 4.27. The highest BCUT2D eigenvalue weighted by molar-refractivity contribution is 7.07. The third-order valence-electron chi connectivity index (χ3n) is 6.03. The van der Waals surface area contributed by atoms with Crippen LogP contribution in [0.25, 0.3) is 17.4 Å². The quantitative estimate of drug-likeness (QED) is 0.173. The molecule has 9 nitrogen and oxygen atoms in total. The predicted molar refractivity (Wildman–Crippen MR) is 148 cm³/mol. The Morgan fingerprint density at radius 2 is 1.95 bits per heavy atom. The van der Waals surface area contributed by atoms with Gasteiger partial charge < -0.3 is 9.15 Å². The number of hydrogen-bond acceptors (Lipinski definition) is 8. The van der Waals surface area contributed by atoms with Gasteiger partial charge in [-0.25, -0.2) is 9.79 Å². The summed E-state index contributed by atoms with van der Waals surface area (Å²) in [7, 11) is 0. The summed E-state index contributed by atoms with van der Waals surface area (Å²) in [5, 5.41) is 11.7. The van der Waals surface area contributed by atoms with Crippen LogP contribution >= 0.6 is 34.5 Å². The molecule has 1 aliphatic heterocycles. The van der Waals surface area contributed by atoms with E-state index in [0.717, 1.165) is 11.3 Å². The SMILES string of the molecule is CCOC(=O)C1=C(C)N=c2s/c(=C\c3ccc(-c4ccc([N+](=O)[O-])cc4Cl)o3)c(=O)n2[C@H]1c1ccc(Cl)cc1. The van der Waals surface area contributed by atoms with E-state index in [2.05, 4.69) is 4.99 Å². The second-order valence-electron chi connectivity index (χ2n) is 8.48. The molecule has 12 heteroatoms. The Bertz CT molecular complexity index is 1840. The summed E-state index contributed by atoms with van der Waals surface area (Å²) in [5.74, 6) is 0.200. The zero-order valence-corrected chi connectivity index (χ0v) is 22.8. The van der Waals surface area contributed by atoms with Crippen LogP contribution in [0.5, 0.6) is 0 Å². The maximum Gasteiger partial charge on any atom is 0.338 e. The number of fused-ring (bicyclic) bond motifs is 1. The van der Waals surface area contributed by atoms with Gasteiger partial charge in [0, 0.05) is 28.8 Å². The summed E-state index contributed by atoms with van der Waals surface area (Å²) >= 11 is 13.5. The van der Waals surface area contributed by atoms with E-state index in [0.29, 0.717) is 42.7 Å². The van der Waals surface area contributed by atoms with Crippen LogP contribution in [0.2, 0.25) is 10.0 Å². The minimum atomic E-state index is -0.759. The van der Waals surface area contributed by atoms with Gasteiger partial charge in [0.1, 0.15) is 11.5 Å². The Morgan fingerprint density at radius 1 is 1.21 bits per heavy atom. The number of halogens is 2. The van der Waals surface area contributed by atoms with Crippen molar-refractivity contribution in [3.63, 3.8) is 0 Å². The maximum absolute atomic E-state index is 13.7. The van der Waals surface area contributed by atoms with Gasteiger partial charge in [-0.3, -0.25) is 19.5 Å². The number of furan rings is 1. The Morgan fingerprint density at radius 3 is 2.62 bits per heavy atom. The molecule has 4 aromatic rings. The molecule has 5 rings (SSSR count). The van der Waals surface area contributed by atoms with E-state index in [1.54, 1.807) is 56.3 Å². The van der Waals surface area contributed by atoms with Gasteiger partial charge in [0.05, 0.1) is 38.4 Å². The molecule has 1 aliphatic rings. The molecule has 1 atom stereocenters. The molecule has 2 aromatic heterocycles. The van der Waals surface area contributed by atoms with Gasteiger partial charge in [0.15, 0.2) is 4.80 Å². The first kappa shape index (κ1) is 26.6. The number of carbonyl (C=O) groups excluding carboxylic acids is 1. The molecule has 39 heavy (non-hydrogen) atoms. The number of carbonyl (C=O) groups is 1.